The fraction of sp³-hybridized carbons (Fsp3) is 0. The van der Waals surface area contributed by atoms with Crippen LogP contribution in [-0.2, 0) is 0 Å². The molecule has 49 heavy (non-hydrogen) atoms. The number of aromatic nitrogens is 1. The van der Waals surface area contributed by atoms with Crippen molar-refractivity contribution in [3.63, 3.8) is 0 Å². The van der Waals surface area contributed by atoms with Crippen molar-refractivity contribution >= 4 is 65.7 Å². The van der Waals surface area contributed by atoms with Crippen LogP contribution in [0.1, 0.15) is 11.1 Å². The number of fused-ring (bicyclic) bond motifs is 10. The lowest BCUT2D eigenvalue weighted by Crippen LogP contribution is -2.00. The minimum absolute atomic E-state index is 0.556. The summed E-state index contributed by atoms with van der Waals surface area (Å²) < 4.78 is 15.1. The molecule has 226 valence electrons. The molecular weight excluding hydrogens is 603 g/mol. The van der Waals surface area contributed by atoms with Crippen LogP contribution in [0.2, 0.25) is 0 Å². The molecule has 0 saturated heterocycles. The van der Waals surface area contributed by atoms with Gasteiger partial charge in [-0.05, 0) is 83.4 Å². The van der Waals surface area contributed by atoms with Gasteiger partial charge in [0.2, 0.25) is 0 Å². The van der Waals surface area contributed by atoms with Crippen LogP contribution >= 0.6 is 0 Å². The molecule has 5 heteroatoms. The molecule has 0 aliphatic carbocycles. The van der Waals surface area contributed by atoms with Crippen LogP contribution < -0.4 is 0 Å². The Bertz CT molecular complexity index is 3070. The maximum absolute atomic E-state index is 10.4. The molecule has 0 N–H and O–H groups in total. The molecule has 3 aromatic heterocycles. The third-order valence-electron chi connectivity index (χ3n) is 9.68. The zero-order valence-electron chi connectivity index (χ0n) is 25.9. The van der Waals surface area contributed by atoms with Crippen molar-refractivity contribution < 1.29 is 8.83 Å². The first-order valence-corrected chi connectivity index (χ1v) is 16.0. The second kappa shape index (κ2) is 10.2. The molecule has 0 radical (unpaired) electrons. The van der Waals surface area contributed by atoms with Crippen molar-refractivity contribution in [3.8, 4) is 40.1 Å². The van der Waals surface area contributed by atoms with Crippen LogP contribution in [0.3, 0.4) is 0 Å². The average molecular weight is 626 g/mol. The third-order valence-corrected chi connectivity index (χ3v) is 9.68. The number of nitrogens with zero attached hydrogens (tertiary/aromatic N) is 3. The Balaban J connectivity index is 1.19. The summed E-state index contributed by atoms with van der Waals surface area (Å²) in [6.07, 6.45) is 0. The highest BCUT2D eigenvalue weighted by Crippen LogP contribution is 2.43. The van der Waals surface area contributed by atoms with E-state index in [0.717, 1.165) is 88.0 Å². The maximum atomic E-state index is 10.4. The largest absolute Gasteiger partial charge is 0.452 e. The second-order valence-electron chi connectivity index (χ2n) is 12.3. The molecule has 0 amide bonds. The number of para-hydroxylation sites is 2. The fourth-order valence-electron chi connectivity index (χ4n) is 7.44. The highest BCUT2D eigenvalue weighted by Gasteiger charge is 2.21. The van der Waals surface area contributed by atoms with Gasteiger partial charge in [0.1, 0.15) is 17.2 Å². The number of benzene rings is 7. The third kappa shape index (κ3) is 3.91. The number of hydrogen-bond acceptors (Lipinski definition) is 4. The molecule has 0 spiro atoms. The lowest BCUT2D eigenvalue weighted by atomic mass is 9.98. The Hall–Kier alpha value is -7.08. The Morgan fingerprint density at radius 3 is 1.86 bits per heavy atom. The molecule has 0 bridgehead atoms. The first kappa shape index (κ1) is 27.1. The Labute approximate surface area is 279 Å². The molecular formula is C44H23N3O2. The number of furan rings is 2. The molecule has 0 aliphatic heterocycles. The predicted octanol–water partition coefficient (Wildman–Crippen LogP) is 11.7. The van der Waals surface area contributed by atoms with Gasteiger partial charge < -0.3 is 13.4 Å². The van der Waals surface area contributed by atoms with Crippen LogP contribution in [0.25, 0.3) is 93.6 Å². The number of rotatable bonds is 3. The lowest BCUT2D eigenvalue weighted by molar-refractivity contribution is 0.633. The van der Waals surface area contributed by atoms with E-state index in [-0.39, 0.29) is 0 Å². The summed E-state index contributed by atoms with van der Waals surface area (Å²) in [7, 11) is 0. The average Bonchev–Trinajstić information content (AvgIpc) is 3.83. The van der Waals surface area contributed by atoms with Gasteiger partial charge in [-0.2, -0.15) is 10.5 Å². The minimum atomic E-state index is 0.556. The molecule has 0 saturated carbocycles. The van der Waals surface area contributed by atoms with Gasteiger partial charge in [-0.1, -0.05) is 72.8 Å². The van der Waals surface area contributed by atoms with Crippen LogP contribution in [0.4, 0.5) is 0 Å². The molecule has 0 unspecified atom stereocenters. The molecule has 0 aliphatic rings. The van der Waals surface area contributed by atoms with Crippen molar-refractivity contribution in [2.24, 2.45) is 0 Å². The molecule has 0 fully saturated rings. The van der Waals surface area contributed by atoms with Crippen molar-refractivity contribution in [1.29, 1.82) is 10.5 Å². The quantitative estimate of drug-likeness (QED) is 0.196. The number of hydrogen-bond donors (Lipinski definition) is 0. The Morgan fingerprint density at radius 2 is 1.12 bits per heavy atom. The molecule has 3 heterocycles. The fourth-order valence-corrected chi connectivity index (χ4v) is 7.44. The van der Waals surface area contributed by atoms with Crippen LogP contribution in [0, 0.1) is 22.7 Å². The lowest BCUT2D eigenvalue weighted by Gasteiger charge is -2.16. The molecule has 5 nitrogen and oxygen atoms in total. The zero-order valence-corrected chi connectivity index (χ0v) is 25.9. The van der Waals surface area contributed by atoms with Gasteiger partial charge in [0.05, 0.1) is 33.9 Å². The zero-order chi connectivity index (χ0) is 32.6. The normalized spacial score (nSPS) is 11.6. The Morgan fingerprint density at radius 1 is 0.449 bits per heavy atom. The van der Waals surface area contributed by atoms with E-state index in [1.807, 2.05) is 78.9 Å². The van der Waals surface area contributed by atoms with E-state index >= 15 is 0 Å². The van der Waals surface area contributed by atoms with E-state index in [9.17, 15) is 10.5 Å². The van der Waals surface area contributed by atoms with E-state index in [2.05, 4.69) is 77.4 Å². The van der Waals surface area contributed by atoms with Crippen molar-refractivity contribution in [3.05, 3.63) is 151 Å². The monoisotopic (exact) mass is 625 g/mol. The topological polar surface area (TPSA) is 78.8 Å². The molecule has 10 rings (SSSR count). The predicted molar refractivity (Wildman–Crippen MR) is 196 cm³/mol. The van der Waals surface area contributed by atoms with Crippen molar-refractivity contribution in [2.45, 2.75) is 0 Å². The van der Waals surface area contributed by atoms with Gasteiger partial charge >= 0.3 is 0 Å². The maximum Gasteiger partial charge on any atom is 0.178 e. The van der Waals surface area contributed by atoms with Crippen molar-refractivity contribution in [1.82, 2.24) is 4.57 Å². The Kier molecular flexibility index (Phi) is 5.64. The molecule has 10 aromatic rings. The summed E-state index contributed by atoms with van der Waals surface area (Å²) in [4.78, 5) is 0. The highest BCUT2D eigenvalue weighted by molar-refractivity contribution is 6.19. The van der Waals surface area contributed by atoms with Gasteiger partial charge in [-0.3, -0.25) is 0 Å². The smallest absolute Gasteiger partial charge is 0.178 e. The summed E-state index contributed by atoms with van der Waals surface area (Å²) in [6.45, 7) is 0. The van der Waals surface area contributed by atoms with Crippen LogP contribution in [-0.4, -0.2) is 4.57 Å². The summed E-state index contributed by atoms with van der Waals surface area (Å²) >= 11 is 0. The molecule has 7 aromatic carbocycles. The summed E-state index contributed by atoms with van der Waals surface area (Å²) in [6, 6.07) is 51.5. The van der Waals surface area contributed by atoms with Crippen molar-refractivity contribution in [2.75, 3.05) is 0 Å². The van der Waals surface area contributed by atoms with E-state index in [4.69, 9.17) is 8.83 Å². The van der Waals surface area contributed by atoms with Gasteiger partial charge in [0.25, 0.3) is 0 Å². The van der Waals surface area contributed by atoms with Gasteiger partial charge in [-0.25, -0.2) is 0 Å². The van der Waals surface area contributed by atoms with Gasteiger partial charge in [0.15, 0.2) is 11.2 Å². The van der Waals surface area contributed by atoms with E-state index in [1.165, 1.54) is 0 Å². The van der Waals surface area contributed by atoms with Crippen LogP contribution in [0.5, 0.6) is 0 Å². The minimum Gasteiger partial charge on any atom is -0.452 e. The van der Waals surface area contributed by atoms with E-state index in [0.29, 0.717) is 16.7 Å². The van der Waals surface area contributed by atoms with Gasteiger partial charge in [-0.15, -0.1) is 0 Å². The SMILES string of the molecule is N#Cc1ccc2c(c1)c1ccccc1n2-c1c(C#N)cccc1-c1ccc2oc3c(ccc4c5cc(-c6ccccc6)ccc5oc43)c2c1. The van der Waals surface area contributed by atoms with E-state index < -0.39 is 0 Å². The number of nitriles is 2. The first-order valence-electron chi connectivity index (χ1n) is 16.0. The van der Waals surface area contributed by atoms with Gasteiger partial charge in [0, 0.05) is 37.9 Å². The van der Waals surface area contributed by atoms with Crippen LogP contribution in [0.15, 0.2) is 148 Å². The molecule has 0 atom stereocenters. The summed E-state index contributed by atoms with van der Waals surface area (Å²) in [5, 5.41) is 26.0. The summed E-state index contributed by atoms with van der Waals surface area (Å²) in [5.74, 6) is 0. The summed E-state index contributed by atoms with van der Waals surface area (Å²) in [5.41, 5.74) is 11.0. The second-order valence-corrected chi connectivity index (χ2v) is 12.3. The first-order chi connectivity index (χ1) is 24.2. The highest BCUT2D eigenvalue weighted by atomic mass is 16.4. The standard InChI is InChI=1S/C44H23N3O2/c45-24-26-13-18-39-35(21-26)32-10-4-5-12-38(32)47(39)42-30(25-46)9-6-11-31(42)29-15-20-41-37(23-29)34-17-16-33-36-22-28(27-7-2-1-3-8-27)14-19-40(36)48-43(33)44(34)49-41/h1-23H. The van der Waals surface area contributed by atoms with E-state index in [1.54, 1.807) is 0 Å².